The minimum absolute atomic E-state index is 0.0897. The second-order valence-corrected chi connectivity index (χ2v) is 7.12. The molecule has 140 valence electrons. The first-order valence-electron chi connectivity index (χ1n) is 8.95. The number of halogens is 1. The highest BCUT2D eigenvalue weighted by atomic mass is 19.1. The number of benzene rings is 1. The molecule has 1 saturated heterocycles. The van der Waals surface area contributed by atoms with Crippen LogP contribution >= 0.6 is 0 Å². The van der Waals surface area contributed by atoms with Gasteiger partial charge < -0.3 is 10.1 Å². The van der Waals surface area contributed by atoms with E-state index in [9.17, 15) is 9.18 Å². The number of nitrogens with one attached hydrogen (secondary N) is 1. The topological polar surface area (TPSA) is 44.8 Å². The molecule has 1 heterocycles. The lowest BCUT2D eigenvalue weighted by Crippen LogP contribution is -2.50. The maximum Gasteiger partial charge on any atom is 0.234 e. The Morgan fingerprint density at radius 3 is 2.40 bits per heavy atom. The van der Waals surface area contributed by atoms with Gasteiger partial charge in [0.05, 0.1) is 13.7 Å². The van der Waals surface area contributed by atoms with E-state index in [0.29, 0.717) is 19.0 Å². The largest absolute Gasteiger partial charge is 0.494 e. The van der Waals surface area contributed by atoms with Crippen LogP contribution in [0.4, 0.5) is 4.39 Å². The summed E-state index contributed by atoms with van der Waals surface area (Å²) in [6.45, 7) is 10.9. The van der Waals surface area contributed by atoms with E-state index in [-0.39, 0.29) is 23.5 Å². The number of amides is 1. The van der Waals surface area contributed by atoms with Crippen LogP contribution in [0.1, 0.15) is 26.3 Å². The maximum absolute atomic E-state index is 13.8. The van der Waals surface area contributed by atoms with Gasteiger partial charge in [0.15, 0.2) is 11.6 Å². The zero-order valence-electron chi connectivity index (χ0n) is 15.7. The molecule has 0 spiro atoms. The number of carbonyl (C=O) groups is 1. The molecule has 1 N–H and O–H groups in total. The molecule has 0 bridgehead atoms. The van der Waals surface area contributed by atoms with Crippen molar-refractivity contribution in [2.45, 2.75) is 33.4 Å². The fraction of sp³-hybridized carbons (Fsp3) is 0.632. The third-order valence-electron chi connectivity index (χ3n) is 4.84. The Balaban J connectivity index is 1.76. The molecule has 1 atom stereocenters. The molecule has 1 aromatic carbocycles. The van der Waals surface area contributed by atoms with Crippen molar-refractivity contribution in [1.82, 2.24) is 15.1 Å². The van der Waals surface area contributed by atoms with Gasteiger partial charge in [-0.15, -0.1) is 0 Å². The van der Waals surface area contributed by atoms with Gasteiger partial charge in [-0.05, 0) is 30.5 Å². The lowest BCUT2D eigenvalue weighted by atomic mass is 10.1. The molecule has 25 heavy (non-hydrogen) atoms. The highest BCUT2D eigenvalue weighted by Gasteiger charge is 2.20. The van der Waals surface area contributed by atoms with Crippen molar-refractivity contribution in [3.8, 4) is 5.75 Å². The smallest absolute Gasteiger partial charge is 0.234 e. The highest BCUT2D eigenvalue weighted by molar-refractivity contribution is 5.78. The zero-order valence-corrected chi connectivity index (χ0v) is 15.7. The predicted octanol–water partition coefficient (Wildman–Crippen LogP) is 2.11. The Bertz CT molecular complexity index is 572. The summed E-state index contributed by atoms with van der Waals surface area (Å²) in [4.78, 5) is 16.5. The molecule has 0 aliphatic carbocycles. The van der Waals surface area contributed by atoms with Crippen molar-refractivity contribution in [2.75, 3.05) is 39.8 Å². The molecule has 5 nitrogen and oxygen atoms in total. The molecule has 6 heteroatoms. The number of nitrogens with zero attached hydrogens (tertiary/aromatic N) is 2. The number of carbonyl (C=O) groups excluding carboxylic acids is 1. The van der Waals surface area contributed by atoms with Crippen molar-refractivity contribution in [3.63, 3.8) is 0 Å². The molecule has 1 unspecified atom stereocenters. The molecule has 2 rings (SSSR count). The second kappa shape index (κ2) is 9.15. The van der Waals surface area contributed by atoms with Gasteiger partial charge in [-0.1, -0.05) is 19.9 Å². The van der Waals surface area contributed by atoms with Crippen molar-refractivity contribution >= 4 is 5.91 Å². The molecule has 1 aliphatic rings. The second-order valence-electron chi connectivity index (χ2n) is 7.12. The third-order valence-corrected chi connectivity index (χ3v) is 4.84. The molecule has 1 aromatic rings. The summed E-state index contributed by atoms with van der Waals surface area (Å²) in [6.07, 6.45) is 0. The van der Waals surface area contributed by atoms with E-state index in [1.54, 1.807) is 6.07 Å². The summed E-state index contributed by atoms with van der Waals surface area (Å²) in [5, 5.41) is 3.05. The third kappa shape index (κ3) is 5.97. The minimum Gasteiger partial charge on any atom is -0.494 e. The average Bonchev–Trinajstić information content (AvgIpc) is 2.56. The number of piperazine rings is 1. The van der Waals surface area contributed by atoms with Gasteiger partial charge in [-0.2, -0.15) is 0 Å². The Labute approximate surface area is 150 Å². The van der Waals surface area contributed by atoms with Gasteiger partial charge in [0, 0.05) is 38.8 Å². The zero-order chi connectivity index (χ0) is 18.4. The summed E-state index contributed by atoms with van der Waals surface area (Å²) >= 11 is 0. The van der Waals surface area contributed by atoms with E-state index >= 15 is 0 Å². The minimum atomic E-state index is -0.324. The summed E-state index contributed by atoms with van der Waals surface area (Å²) in [5.41, 5.74) is 0.940. The van der Waals surface area contributed by atoms with Crippen molar-refractivity contribution in [2.24, 2.45) is 5.92 Å². The first-order valence-corrected chi connectivity index (χ1v) is 8.95. The molecule has 0 aromatic heterocycles. The van der Waals surface area contributed by atoms with Crippen molar-refractivity contribution in [3.05, 3.63) is 29.6 Å². The van der Waals surface area contributed by atoms with Crippen LogP contribution in [0.3, 0.4) is 0 Å². The summed E-state index contributed by atoms with van der Waals surface area (Å²) in [7, 11) is 1.47. The van der Waals surface area contributed by atoms with E-state index in [4.69, 9.17) is 4.74 Å². The molecular weight excluding hydrogens is 321 g/mol. The lowest BCUT2D eigenvalue weighted by molar-refractivity contribution is -0.123. The maximum atomic E-state index is 13.8. The van der Waals surface area contributed by atoms with Gasteiger partial charge in [0.2, 0.25) is 5.91 Å². The molecule has 1 amide bonds. The Kier molecular flexibility index (Phi) is 7.20. The fourth-order valence-corrected chi connectivity index (χ4v) is 2.84. The van der Waals surface area contributed by atoms with Crippen molar-refractivity contribution < 1.29 is 13.9 Å². The monoisotopic (exact) mass is 351 g/mol. The average molecular weight is 351 g/mol. The molecule has 0 radical (unpaired) electrons. The van der Waals surface area contributed by atoms with Crippen LogP contribution in [-0.4, -0.2) is 61.6 Å². The standard InChI is InChI=1S/C19H30FN3O2/c1-14(2)15(3)21-19(24)13-23-9-7-22(8-10-23)12-16-5-6-18(25-4)17(20)11-16/h5-6,11,14-15H,7-10,12-13H2,1-4H3,(H,21,24). The van der Waals surface area contributed by atoms with Crippen LogP contribution in [-0.2, 0) is 11.3 Å². The molecule has 0 saturated carbocycles. The van der Waals surface area contributed by atoms with Crippen LogP contribution < -0.4 is 10.1 Å². The first-order chi connectivity index (χ1) is 11.9. The van der Waals surface area contributed by atoms with E-state index in [1.807, 2.05) is 13.0 Å². The van der Waals surface area contributed by atoms with Gasteiger partial charge >= 0.3 is 0 Å². The fourth-order valence-electron chi connectivity index (χ4n) is 2.84. The van der Waals surface area contributed by atoms with Gasteiger partial charge in [0.25, 0.3) is 0 Å². The van der Waals surface area contributed by atoms with Crippen LogP contribution in [0.5, 0.6) is 5.75 Å². The Morgan fingerprint density at radius 2 is 1.84 bits per heavy atom. The molecule has 1 aliphatic heterocycles. The summed E-state index contributed by atoms with van der Waals surface area (Å²) < 4.78 is 18.7. The van der Waals surface area contributed by atoms with E-state index in [1.165, 1.54) is 13.2 Å². The number of hydrogen-bond donors (Lipinski definition) is 1. The molecule has 1 fully saturated rings. The van der Waals surface area contributed by atoms with Crippen molar-refractivity contribution in [1.29, 1.82) is 0 Å². The lowest BCUT2D eigenvalue weighted by Gasteiger charge is -2.34. The normalized spacial score (nSPS) is 17.5. The van der Waals surface area contributed by atoms with Crippen LogP contribution in [0.15, 0.2) is 18.2 Å². The van der Waals surface area contributed by atoms with E-state index in [2.05, 4.69) is 29.0 Å². The SMILES string of the molecule is COc1ccc(CN2CCN(CC(=O)NC(C)C(C)C)CC2)cc1F. The van der Waals surface area contributed by atoms with Crippen LogP contribution in [0.2, 0.25) is 0 Å². The first kappa shape index (κ1) is 19.7. The van der Waals surface area contributed by atoms with E-state index < -0.39 is 0 Å². The number of methoxy groups -OCH3 is 1. The quantitative estimate of drug-likeness (QED) is 0.817. The van der Waals surface area contributed by atoms with Gasteiger partial charge in [-0.25, -0.2) is 4.39 Å². The van der Waals surface area contributed by atoms with Crippen LogP contribution in [0.25, 0.3) is 0 Å². The number of hydrogen-bond acceptors (Lipinski definition) is 4. The van der Waals surface area contributed by atoms with Gasteiger partial charge in [0.1, 0.15) is 0 Å². The Morgan fingerprint density at radius 1 is 1.20 bits per heavy atom. The summed E-state index contributed by atoms with van der Waals surface area (Å²) in [6, 6.07) is 5.29. The van der Waals surface area contributed by atoms with Gasteiger partial charge in [-0.3, -0.25) is 14.6 Å². The number of rotatable bonds is 7. The summed E-state index contributed by atoms with van der Waals surface area (Å²) in [5.74, 6) is 0.474. The molecular formula is C19H30FN3O2. The highest BCUT2D eigenvalue weighted by Crippen LogP contribution is 2.19. The van der Waals surface area contributed by atoms with Crippen LogP contribution in [0, 0.1) is 11.7 Å². The van der Waals surface area contributed by atoms with E-state index in [0.717, 1.165) is 31.7 Å². The predicted molar refractivity (Wildman–Crippen MR) is 97.1 cm³/mol. The Hall–Kier alpha value is -1.66. The number of ether oxygens (including phenoxy) is 1.